The van der Waals surface area contributed by atoms with Gasteiger partial charge < -0.3 is 4.74 Å². The summed E-state index contributed by atoms with van der Waals surface area (Å²) in [5.74, 6) is -0.805. The van der Waals surface area contributed by atoms with E-state index in [0.717, 1.165) is 30.9 Å². The van der Waals surface area contributed by atoms with Crippen molar-refractivity contribution in [3.8, 4) is 0 Å². The van der Waals surface area contributed by atoms with Crippen LogP contribution in [0.15, 0.2) is 18.5 Å². The van der Waals surface area contributed by atoms with Crippen molar-refractivity contribution in [1.82, 2.24) is 20.0 Å². The molecule has 1 N–H and O–H groups in total. The molecule has 1 fully saturated rings. The molecule has 9 heteroatoms. The maximum absolute atomic E-state index is 13.1. The van der Waals surface area contributed by atoms with Crippen LogP contribution < -0.4 is 0 Å². The van der Waals surface area contributed by atoms with Crippen LogP contribution in [0.25, 0.3) is 0 Å². The second-order valence-electron chi connectivity index (χ2n) is 5.26. The Kier molecular flexibility index (Phi) is 3.42. The zero-order valence-corrected chi connectivity index (χ0v) is 11.6. The molecule has 6 nitrogen and oxygen atoms in total. The number of carbonyl (C=O) groups excluding carboxylic acids is 1. The molecule has 1 atom stereocenters. The predicted molar refractivity (Wildman–Crippen MR) is 68.0 cm³/mol. The average molecular weight is 314 g/mol. The van der Waals surface area contributed by atoms with Crippen molar-refractivity contribution in [2.45, 2.75) is 31.0 Å². The molecule has 0 aliphatic heterocycles. The summed E-state index contributed by atoms with van der Waals surface area (Å²) in [7, 11) is 1.48. The Morgan fingerprint density at radius 2 is 2.23 bits per heavy atom. The number of H-pyrrole nitrogens is 1. The van der Waals surface area contributed by atoms with Gasteiger partial charge >= 0.3 is 12.1 Å². The number of ether oxygens (including phenoxy) is 1. The van der Waals surface area contributed by atoms with Crippen molar-refractivity contribution in [1.29, 1.82) is 0 Å². The van der Waals surface area contributed by atoms with E-state index >= 15 is 0 Å². The van der Waals surface area contributed by atoms with Gasteiger partial charge in [0, 0.05) is 30.4 Å². The summed E-state index contributed by atoms with van der Waals surface area (Å²) in [6.07, 6.45) is -2.95. The Bertz CT molecular complexity index is 688. The van der Waals surface area contributed by atoms with Crippen LogP contribution in [0.1, 0.15) is 46.6 Å². The van der Waals surface area contributed by atoms with Gasteiger partial charge in [-0.25, -0.2) is 4.79 Å². The Morgan fingerprint density at radius 3 is 2.77 bits per heavy atom. The van der Waals surface area contributed by atoms with Gasteiger partial charge in [0.05, 0.1) is 6.20 Å². The molecule has 2 aromatic rings. The number of alkyl halides is 3. The highest BCUT2D eigenvalue weighted by Gasteiger charge is 2.45. The largest absolute Gasteiger partial charge is 0.443 e. The van der Waals surface area contributed by atoms with Crippen LogP contribution in [0.5, 0.6) is 0 Å². The van der Waals surface area contributed by atoms with Crippen molar-refractivity contribution < 1.29 is 22.7 Å². The number of aromatic amines is 1. The highest BCUT2D eigenvalue weighted by molar-refractivity contribution is 5.87. The van der Waals surface area contributed by atoms with Crippen molar-refractivity contribution in [2.75, 3.05) is 0 Å². The summed E-state index contributed by atoms with van der Waals surface area (Å²) < 4.78 is 45.1. The Hall–Kier alpha value is -2.32. The minimum absolute atomic E-state index is 0.153. The monoisotopic (exact) mass is 314 g/mol. The molecular formula is C13H13F3N4O2. The fourth-order valence-corrected chi connectivity index (χ4v) is 2.11. The number of nitrogens with zero attached hydrogens (tertiary/aromatic N) is 3. The molecule has 0 bridgehead atoms. The second kappa shape index (κ2) is 5.15. The third-order valence-electron chi connectivity index (χ3n) is 3.37. The smallest absolute Gasteiger partial charge is 0.429 e. The molecule has 0 saturated heterocycles. The lowest BCUT2D eigenvalue weighted by atomic mass is 10.2. The van der Waals surface area contributed by atoms with E-state index in [0.29, 0.717) is 5.92 Å². The number of esters is 1. The van der Waals surface area contributed by atoms with Crippen LogP contribution in [-0.4, -0.2) is 32.1 Å². The van der Waals surface area contributed by atoms with Crippen molar-refractivity contribution >= 4 is 5.97 Å². The molecule has 0 unspecified atom stereocenters. The summed E-state index contributed by atoms with van der Waals surface area (Å²) in [6.45, 7) is 0. The number of rotatable bonds is 4. The van der Waals surface area contributed by atoms with Crippen LogP contribution in [0.4, 0.5) is 13.2 Å². The van der Waals surface area contributed by atoms with Crippen molar-refractivity contribution in [2.24, 2.45) is 7.05 Å². The van der Waals surface area contributed by atoms with Crippen molar-refractivity contribution in [3.63, 3.8) is 0 Å². The number of aromatic nitrogens is 4. The van der Waals surface area contributed by atoms with E-state index in [1.54, 1.807) is 0 Å². The zero-order valence-electron chi connectivity index (χ0n) is 11.6. The second-order valence-corrected chi connectivity index (χ2v) is 5.26. The van der Waals surface area contributed by atoms with E-state index in [9.17, 15) is 18.0 Å². The molecule has 2 heterocycles. The first kappa shape index (κ1) is 14.6. The molecule has 1 aliphatic rings. The van der Waals surface area contributed by atoms with Gasteiger partial charge in [-0.1, -0.05) is 0 Å². The number of aryl methyl sites for hydroxylation is 1. The summed E-state index contributed by atoms with van der Waals surface area (Å²) in [5.41, 5.74) is 0.359. The number of carbonyl (C=O) groups is 1. The third kappa shape index (κ3) is 2.97. The topological polar surface area (TPSA) is 72.8 Å². The molecule has 3 rings (SSSR count). The molecule has 1 saturated carbocycles. The molecule has 118 valence electrons. The van der Waals surface area contributed by atoms with E-state index in [-0.39, 0.29) is 11.3 Å². The lowest BCUT2D eigenvalue weighted by Gasteiger charge is -2.18. The first-order valence-corrected chi connectivity index (χ1v) is 6.66. The van der Waals surface area contributed by atoms with Gasteiger partial charge in [0.2, 0.25) is 6.10 Å². The van der Waals surface area contributed by atoms with Crippen LogP contribution >= 0.6 is 0 Å². The highest BCUT2D eigenvalue weighted by atomic mass is 19.4. The number of hydrogen-bond acceptors (Lipinski definition) is 4. The van der Waals surface area contributed by atoms with E-state index in [4.69, 9.17) is 0 Å². The van der Waals surface area contributed by atoms with E-state index in [1.165, 1.54) is 17.8 Å². The first-order chi connectivity index (χ1) is 10.3. The first-order valence-electron chi connectivity index (χ1n) is 6.66. The SMILES string of the molecule is Cn1cc([C@H](OC(=O)c2cc(C3CC3)[nH]n2)C(F)(F)F)cn1. The summed E-state index contributed by atoms with van der Waals surface area (Å²) in [6, 6.07) is 1.44. The minimum atomic E-state index is -4.73. The lowest BCUT2D eigenvalue weighted by Crippen LogP contribution is -2.26. The summed E-state index contributed by atoms with van der Waals surface area (Å²) >= 11 is 0. The normalized spacial score (nSPS) is 16.5. The lowest BCUT2D eigenvalue weighted by molar-refractivity contribution is -0.207. The quantitative estimate of drug-likeness (QED) is 0.880. The third-order valence-corrected chi connectivity index (χ3v) is 3.37. The number of hydrogen-bond donors (Lipinski definition) is 1. The molecule has 0 radical (unpaired) electrons. The fraction of sp³-hybridized carbons (Fsp3) is 0.462. The van der Waals surface area contributed by atoms with Crippen LogP contribution in [0.3, 0.4) is 0 Å². The molecule has 0 aromatic carbocycles. The fourth-order valence-electron chi connectivity index (χ4n) is 2.11. The van der Waals surface area contributed by atoms with Crippen LogP contribution in [0.2, 0.25) is 0 Å². The maximum Gasteiger partial charge on any atom is 0.429 e. The predicted octanol–water partition coefficient (Wildman–Crippen LogP) is 2.48. The maximum atomic E-state index is 13.1. The van der Waals surface area contributed by atoms with Gasteiger partial charge in [-0.3, -0.25) is 9.78 Å². The Morgan fingerprint density at radius 1 is 1.50 bits per heavy atom. The molecule has 1 aliphatic carbocycles. The zero-order chi connectivity index (χ0) is 15.9. The Labute approximate surface area is 123 Å². The Balaban J connectivity index is 1.78. The van der Waals surface area contributed by atoms with Gasteiger partial charge in [0.15, 0.2) is 5.69 Å². The summed E-state index contributed by atoms with van der Waals surface area (Å²) in [5, 5.41) is 10.0. The standard InChI is InChI=1S/C13H13F3N4O2/c1-20-6-8(5-17-20)11(13(14,15)16)22-12(21)10-4-9(18-19-10)7-2-3-7/h4-7,11H,2-3H2,1H3,(H,18,19)/t11-/m0/s1. The van der Waals surface area contributed by atoms with Crippen LogP contribution in [-0.2, 0) is 11.8 Å². The van der Waals surface area contributed by atoms with Gasteiger partial charge in [0.25, 0.3) is 0 Å². The average Bonchev–Trinajstić information content (AvgIpc) is 3.00. The van der Waals surface area contributed by atoms with Crippen molar-refractivity contribution in [3.05, 3.63) is 35.4 Å². The molecule has 22 heavy (non-hydrogen) atoms. The molecular weight excluding hydrogens is 301 g/mol. The van der Waals surface area contributed by atoms with E-state index < -0.39 is 18.2 Å². The summed E-state index contributed by atoms with van der Waals surface area (Å²) in [4.78, 5) is 11.9. The minimum Gasteiger partial charge on any atom is -0.443 e. The van der Waals surface area contributed by atoms with Gasteiger partial charge in [-0.05, 0) is 18.9 Å². The van der Waals surface area contributed by atoms with E-state index in [1.807, 2.05) is 0 Å². The van der Waals surface area contributed by atoms with Crippen LogP contribution in [0, 0.1) is 0 Å². The van der Waals surface area contributed by atoms with Gasteiger partial charge in [0.1, 0.15) is 0 Å². The van der Waals surface area contributed by atoms with E-state index in [2.05, 4.69) is 20.0 Å². The highest BCUT2D eigenvalue weighted by Crippen LogP contribution is 2.39. The molecule has 0 amide bonds. The molecule has 0 spiro atoms. The molecule has 2 aromatic heterocycles. The number of halogens is 3. The number of nitrogens with one attached hydrogen (secondary N) is 1. The van der Waals surface area contributed by atoms with Gasteiger partial charge in [-0.2, -0.15) is 23.4 Å². The van der Waals surface area contributed by atoms with Gasteiger partial charge in [-0.15, -0.1) is 0 Å².